The van der Waals surface area contributed by atoms with Gasteiger partial charge in [-0.25, -0.2) is 4.98 Å². The molecule has 1 saturated heterocycles. The fraction of sp³-hybridized carbons (Fsp3) is 0.226. The third-order valence-corrected chi connectivity index (χ3v) is 7.73. The van der Waals surface area contributed by atoms with Crippen LogP contribution in [0.15, 0.2) is 108 Å². The Labute approximate surface area is 217 Å². The Balaban J connectivity index is 1.33. The van der Waals surface area contributed by atoms with E-state index in [1.807, 2.05) is 24.4 Å². The van der Waals surface area contributed by atoms with Crippen molar-refractivity contribution < 1.29 is 0 Å². The molecule has 0 amide bonds. The van der Waals surface area contributed by atoms with Crippen molar-refractivity contribution in [3.8, 4) is 0 Å². The molecule has 0 N–H and O–H groups in total. The van der Waals surface area contributed by atoms with Gasteiger partial charge in [-0.3, -0.25) is 9.89 Å². The summed E-state index contributed by atoms with van der Waals surface area (Å²) in [5.74, 6) is 1.06. The fourth-order valence-corrected chi connectivity index (χ4v) is 5.54. The van der Waals surface area contributed by atoms with E-state index in [2.05, 4.69) is 94.5 Å². The zero-order valence-electron chi connectivity index (χ0n) is 20.4. The molecule has 3 aromatic carbocycles. The topological polar surface area (TPSA) is 31.7 Å². The van der Waals surface area contributed by atoms with E-state index in [-0.39, 0.29) is 0 Å². The minimum atomic E-state index is -0.437. The van der Waals surface area contributed by atoms with Crippen LogP contribution in [0.1, 0.15) is 18.1 Å². The molecule has 2 aliphatic heterocycles. The van der Waals surface area contributed by atoms with Crippen LogP contribution < -0.4 is 4.90 Å². The zero-order chi connectivity index (χ0) is 24.5. The smallest absolute Gasteiger partial charge is 0.128 e. The van der Waals surface area contributed by atoms with Crippen LogP contribution in [0.2, 0.25) is 5.02 Å². The lowest BCUT2D eigenvalue weighted by Crippen LogP contribution is -2.48. The summed E-state index contributed by atoms with van der Waals surface area (Å²) in [7, 11) is 0. The average Bonchev–Trinajstić information content (AvgIpc) is 3.26. The SMILES string of the molecule is CC1(c2cccc3ccccc23)N=C(c2ccc(Cl)cc2)C=C1CN1CCN(c2ccccn2)CC1. The number of rotatable bonds is 5. The van der Waals surface area contributed by atoms with Gasteiger partial charge in [0.15, 0.2) is 0 Å². The van der Waals surface area contributed by atoms with Gasteiger partial charge in [-0.2, -0.15) is 0 Å². The van der Waals surface area contributed by atoms with Gasteiger partial charge in [0.2, 0.25) is 0 Å². The Kier molecular flexibility index (Phi) is 6.08. The molecule has 6 rings (SSSR count). The number of benzene rings is 3. The monoisotopic (exact) mass is 492 g/mol. The first-order valence-electron chi connectivity index (χ1n) is 12.5. The molecule has 0 saturated carbocycles. The quantitative estimate of drug-likeness (QED) is 0.325. The lowest BCUT2D eigenvalue weighted by molar-refractivity contribution is 0.268. The first kappa shape index (κ1) is 23.0. The molecule has 5 heteroatoms. The molecule has 0 radical (unpaired) electrons. The van der Waals surface area contributed by atoms with E-state index in [4.69, 9.17) is 16.6 Å². The van der Waals surface area contributed by atoms with Gasteiger partial charge < -0.3 is 4.90 Å². The summed E-state index contributed by atoms with van der Waals surface area (Å²) in [6.07, 6.45) is 4.17. The number of fused-ring (bicyclic) bond motifs is 1. The molecule has 1 fully saturated rings. The normalized spacial score (nSPS) is 20.4. The number of nitrogens with zero attached hydrogens (tertiary/aromatic N) is 4. The molecule has 180 valence electrons. The number of halogens is 1. The van der Waals surface area contributed by atoms with Crippen molar-refractivity contribution in [2.24, 2.45) is 4.99 Å². The number of allylic oxidation sites excluding steroid dienone is 1. The second kappa shape index (κ2) is 9.53. The van der Waals surface area contributed by atoms with E-state index in [1.54, 1.807) is 0 Å². The van der Waals surface area contributed by atoms with Crippen LogP contribution in [0.5, 0.6) is 0 Å². The van der Waals surface area contributed by atoms with Crippen LogP contribution in [-0.2, 0) is 5.54 Å². The Hall–Kier alpha value is -3.47. The van der Waals surface area contributed by atoms with E-state index in [1.165, 1.54) is 21.9 Å². The number of hydrogen-bond acceptors (Lipinski definition) is 4. The van der Waals surface area contributed by atoms with Crippen molar-refractivity contribution in [1.82, 2.24) is 9.88 Å². The van der Waals surface area contributed by atoms with Crippen molar-refractivity contribution in [3.63, 3.8) is 0 Å². The maximum absolute atomic E-state index is 6.18. The Bertz CT molecular complexity index is 1430. The zero-order valence-corrected chi connectivity index (χ0v) is 21.2. The number of piperazine rings is 1. The van der Waals surface area contributed by atoms with E-state index in [9.17, 15) is 0 Å². The third kappa shape index (κ3) is 4.32. The highest BCUT2D eigenvalue weighted by atomic mass is 35.5. The summed E-state index contributed by atoms with van der Waals surface area (Å²) in [5.41, 5.74) is 4.26. The molecule has 1 aromatic heterocycles. The van der Waals surface area contributed by atoms with Crippen molar-refractivity contribution >= 4 is 33.9 Å². The first-order chi connectivity index (χ1) is 17.6. The van der Waals surface area contributed by atoms with E-state index in [0.717, 1.165) is 54.8 Å². The molecule has 0 spiro atoms. The maximum Gasteiger partial charge on any atom is 0.128 e. The number of aliphatic imine (C=N–C) groups is 1. The van der Waals surface area contributed by atoms with E-state index >= 15 is 0 Å². The van der Waals surface area contributed by atoms with Gasteiger partial charge in [0.05, 0.1) is 5.71 Å². The highest BCUT2D eigenvalue weighted by Gasteiger charge is 2.37. The molecule has 3 heterocycles. The van der Waals surface area contributed by atoms with Crippen LogP contribution in [0, 0.1) is 0 Å². The van der Waals surface area contributed by atoms with Crippen molar-refractivity contribution in [1.29, 1.82) is 0 Å². The predicted octanol–water partition coefficient (Wildman–Crippen LogP) is 6.35. The van der Waals surface area contributed by atoms with Gasteiger partial charge in [0.25, 0.3) is 0 Å². The minimum Gasteiger partial charge on any atom is -0.354 e. The van der Waals surface area contributed by atoms with Gasteiger partial charge in [0, 0.05) is 43.9 Å². The molecule has 1 unspecified atom stereocenters. The Morgan fingerprint density at radius 3 is 2.36 bits per heavy atom. The molecule has 0 bridgehead atoms. The summed E-state index contributed by atoms with van der Waals surface area (Å²) in [4.78, 5) is 14.8. The lowest BCUT2D eigenvalue weighted by Gasteiger charge is -2.37. The molecule has 4 aromatic rings. The largest absolute Gasteiger partial charge is 0.354 e. The second-order valence-corrected chi connectivity index (χ2v) is 10.2. The molecule has 4 nitrogen and oxygen atoms in total. The van der Waals surface area contributed by atoms with Crippen LogP contribution in [0.25, 0.3) is 10.8 Å². The Morgan fingerprint density at radius 1 is 0.833 bits per heavy atom. The van der Waals surface area contributed by atoms with E-state index < -0.39 is 5.54 Å². The summed E-state index contributed by atoms with van der Waals surface area (Å²) < 4.78 is 0. The summed E-state index contributed by atoms with van der Waals surface area (Å²) in [6.45, 7) is 7.09. The van der Waals surface area contributed by atoms with Crippen LogP contribution >= 0.6 is 11.6 Å². The average molecular weight is 493 g/mol. The molecule has 0 aliphatic carbocycles. The number of pyridine rings is 1. The van der Waals surface area contributed by atoms with Gasteiger partial charge >= 0.3 is 0 Å². The number of hydrogen-bond donors (Lipinski definition) is 0. The molecular formula is C31H29ClN4. The highest BCUT2D eigenvalue weighted by Crippen LogP contribution is 2.42. The summed E-state index contributed by atoms with van der Waals surface area (Å²) in [5, 5.41) is 3.24. The summed E-state index contributed by atoms with van der Waals surface area (Å²) >= 11 is 6.18. The molecule has 1 atom stereocenters. The van der Waals surface area contributed by atoms with Crippen molar-refractivity contribution in [2.75, 3.05) is 37.6 Å². The number of aromatic nitrogens is 1. The summed E-state index contributed by atoms with van der Waals surface area (Å²) in [6, 6.07) is 29.3. The third-order valence-electron chi connectivity index (χ3n) is 7.47. The van der Waals surface area contributed by atoms with Gasteiger partial charge in [0.1, 0.15) is 11.4 Å². The van der Waals surface area contributed by atoms with Crippen molar-refractivity contribution in [2.45, 2.75) is 12.5 Å². The number of anilines is 1. The molecule has 36 heavy (non-hydrogen) atoms. The predicted molar refractivity (Wildman–Crippen MR) is 150 cm³/mol. The maximum atomic E-state index is 6.18. The van der Waals surface area contributed by atoms with Gasteiger partial charge in [-0.15, -0.1) is 0 Å². The standard InChI is InChI=1S/C31H29ClN4/c1-31(28-10-6-8-23-7-2-3-9-27(23)28)25(21-29(34-31)24-12-14-26(32)15-13-24)22-35-17-19-36(20-18-35)30-11-4-5-16-33-30/h2-16,21H,17-20,22H2,1H3. The van der Waals surface area contributed by atoms with Crippen LogP contribution in [0.4, 0.5) is 5.82 Å². The Morgan fingerprint density at radius 2 is 1.58 bits per heavy atom. The van der Waals surface area contributed by atoms with E-state index in [0.29, 0.717) is 0 Å². The van der Waals surface area contributed by atoms with Gasteiger partial charge in [-0.05, 0) is 64.7 Å². The fourth-order valence-electron chi connectivity index (χ4n) is 5.42. The molecular weight excluding hydrogens is 464 g/mol. The second-order valence-electron chi connectivity index (χ2n) is 9.72. The van der Waals surface area contributed by atoms with Crippen LogP contribution in [0.3, 0.4) is 0 Å². The first-order valence-corrected chi connectivity index (χ1v) is 12.9. The van der Waals surface area contributed by atoms with Crippen molar-refractivity contribution in [3.05, 3.63) is 119 Å². The van der Waals surface area contributed by atoms with Crippen LogP contribution in [-0.4, -0.2) is 48.3 Å². The molecule has 2 aliphatic rings. The van der Waals surface area contributed by atoms with Gasteiger partial charge in [-0.1, -0.05) is 72.3 Å². The lowest BCUT2D eigenvalue weighted by atomic mass is 9.82. The minimum absolute atomic E-state index is 0.437. The highest BCUT2D eigenvalue weighted by molar-refractivity contribution is 6.30.